The van der Waals surface area contributed by atoms with E-state index >= 15 is 0 Å². The summed E-state index contributed by atoms with van der Waals surface area (Å²) < 4.78 is 5.34. The first-order valence-electron chi connectivity index (χ1n) is 5.79. The van der Waals surface area contributed by atoms with E-state index in [0.717, 1.165) is 0 Å². The van der Waals surface area contributed by atoms with Gasteiger partial charge >= 0.3 is 0 Å². The molecule has 0 saturated heterocycles. The molecule has 0 radical (unpaired) electrons. The van der Waals surface area contributed by atoms with Gasteiger partial charge in [-0.15, -0.1) is 0 Å². The molecule has 0 aliphatic heterocycles. The number of carbonyl (C=O) groups is 2. The van der Waals surface area contributed by atoms with E-state index in [0.29, 0.717) is 24.4 Å². The molecule has 17 heavy (non-hydrogen) atoms. The molecule has 94 valence electrons. The molecular weight excluding hydrogens is 218 g/mol. The maximum atomic E-state index is 11.1. The van der Waals surface area contributed by atoms with Crippen LogP contribution in [0.25, 0.3) is 0 Å². The van der Waals surface area contributed by atoms with Crippen LogP contribution in [0.2, 0.25) is 0 Å². The molecular formula is C13H19NO3. The third-order valence-electron chi connectivity index (χ3n) is 2.68. The number of rotatable bonds is 6. The number of ketones is 1. The SMILES string of the molecule is CC(C)N(Cc1ccc(C(=O)C=O)o1)C(C)C. The summed E-state index contributed by atoms with van der Waals surface area (Å²) >= 11 is 0. The largest absolute Gasteiger partial charge is 0.456 e. The van der Waals surface area contributed by atoms with Gasteiger partial charge in [0.25, 0.3) is 5.78 Å². The number of hydrogen-bond acceptors (Lipinski definition) is 4. The molecule has 4 nitrogen and oxygen atoms in total. The van der Waals surface area contributed by atoms with Gasteiger partial charge in [0.2, 0.25) is 0 Å². The van der Waals surface area contributed by atoms with E-state index in [1.807, 2.05) is 0 Å². The van der Waals surface area contributed by atoms with Crippen LogP contribution in [0, 0.1) is 0 Å². The van der Waals surface area contributed by atoms with Gasteiger partial charge in [-0.25, -0.2) is 0 Å². The smallest absolute Gasteiger partial charge is 0.260 e. The normalized spacial score (nSPS) is 11.5. The van der Waals surface area contributed by atoms with Crippen LogP contribution in [0.5, 0.6) is 0 Å². The summed E-state index contributed by atoms with van der Waals surface area (Å²) in [6.07, 6.45) is 0.269. The number of Topliss-reactive ketones (excluding diaryl/α,β-unsaturated/α-hetero) is 1. The molecule has 0 bridgehead atoms. The Morgan fingerprint density at radius 2 is 1.88 bits per heavy atom. The molecule has 0 atom stereocenters. The molecule has 1 aromatic rings. The Balaban J connectivity index is 2.77. The zero-order valence-electron chi connectivity index (χ0n) is 10.8. The monoisotopic (exact) mass is 237 g/mol. The maximum absolute atomic E-state index is 11.1. The fourth-order valence-corrected chi connectivity index (χ4v) is 1.79. The molecule has 4 heteroatoms. The number of carbonyl (C=O) groups excluding carboxylic acids is 2. The van der Waals surface area contributed by atoms with Crippen molar-refractivity contribution >= 4 is 12.1 Å². The predicted octanol–water partition coefficient (Wildman–Crippen LogP) is 2.28. The zero-order valence-corrected chi connectivity index (χ0v) is 10.8. The highest BCUT2D eigenvalue weighted by Gasteiger charge is 2.17. The average molecular weight is 237 g/mol. The van der Waals surface area contributed by atoms with Crippen LogP contribution in [0.15, 0.2) is 16.5 Å². The standard InChI is InChI=1S/C13H19NO3/c1-9(2)14(10(3)4)7-11-5-6-13(17-11)12(16)8-15/h5-6,8-10H,7H2,1-4H3. The lowest BCUT2D eigenvalue weighted by Crippen LogP contribution is -2.36. The zero-order chi connectivity index (χ0) is 13.0. The molecule has 0 aliphatic rings. The summed E-state index contributed by atoms with van der Waals surface area (Å²) in [5, 5.41) is 0. The quantitative estimate of drug-likeness (QED) is 0.432. The van der Waals surface area contributed by atoms with Crippen LogP contribution < -0.4 is 0 Å². The molecule has 1 aromatic heterocycles. The average Bonchev–Trinajstić information content (AvgIpc) is 2.72. The highest BCUT2D eigenvalue weighted by atomic mass is 16.3. The Labute approximate surface area is 102 Å². The van der Waals surface area contributed by atoms with Crippen molar-refractivity contribution in [3.63, 3.8) is 0 Å². The van der Waals surface area contributed by atoms with Crippen LogP contribution >= 0.6 is 0 Å². The lowest BCUT2D eigenvalue weighted by Gasteiger charge is -2.29. The Bertz CT molecular complexity index is 385. The molecule has 0 spiro atoms. The summed E-state index contributed by atoms with van der Waals surface area (Å²) in [7, 11) is 0. The second kappa shape index (κ2) is 5.77. The van der Waals surface area contributed by atoms with Crippen LogP contribution in [0.1, 0.15) is 44.0 Å². The van der Waals surface area contributed by atoms with Crippen LogP contribution in [-0.4, -0.2) is 29.1 Å². The van der Waals surface area contributed by atoms with Gasteiger partial charge in [-0.2, -0.15) is 0 Å². The van der Waals surface area contributed by atoms with Crippen LogP contribution in [0.4, 0.5) is 0 Å². The van der Waals surface area contributed by atoms with E-state index in [2.05, 4.69) is 32.6 Å². The number of aldehydes is 1. The van der Waals surface area contributed by atoms with Crippen molar-refractivity contribution in [3.05, 3.63) is 23.7 Å². The minimum Gasteiger partial charge on any atom is -0.456 e. The fraction of sp³-hybridized carbons (Fsp3) is 0.538. The van der Waals surface area contributed by atoms with E-state index in [9.17, 15) is 9.59 Å². The van der Waals surface area contributed by atoms with Gasteiger partial charge < -0.3 is 4.42 Å². The second-order valence-corrected chi connectivity index (χ2v) is 4.61. The minimum atomic E-state index is -0.614. The summed E-state index contributed by atoms with van der Waals surface area (Å²) in [6.45, 7) is 9.09. The minimum absolute atomic E-state index is 0.113. The van der Waals surface area contributed by atoms with Crippen molar-refractivity contribution in [2.75, 3.05) is 0 Å². The van der Waals surface area contributed by atoms with E-state index < -0.39 is 5.78 Å². The van der Waals surface area contributed by atoms with E-state index in [1.165, 1.54) is 0 Å². The molecule has 0 aliphatic carbocycles. The van der Waals surface area contributed by atoms with Gasteiger partial charge in [0.1, 0.15) is 5.76 Å². The molecule has 0 N–H and O–H groups in total. The summed E-state index contributed by atoms with van der Waals surface area (Å²) in [5.41, 5.74) is 0. The van der Waals surface area contributed by atoms with Gasteiger partial charge in [0.05, 0.1) is 6.54 Å². The first-order valence-corrected chi connectivity index (χ1v) is 5.79. The molecule has 1 rings (SSSR count). The van der Waals surface area contributed by atoms with E-state index in [-0.39, 0.29) is 12.0 Å². The van der Waals surface area contributed by atoms with Gasteiger partial charge in [0.15, 0.2) is 12.0 Å². The Hall–Kier alpha value is -1.42. The topological polar surface area (TPSA) is 50.5 Å². The van der Waals surface area contributed by atoms with Gasteiger partial charge in [-0.05, 0) is 39.8 Å². The fourth-order valence-electron chi connectivity index (χ4n) is 1.79. The lowest BCUT2D eigenvalue weighted by atomic mass is 10.2. The Morgan fingerprint density at radius 1 is 1.29 bits per heavy atom. The van der Waals surface area contributed by atoms with Crippen molar-refractivity contribution in [1.82, 2.24) is 4.90 Å². The van der Waals surface area contributed by atoms with E-state index in [1.54, 1.807) is 12.1 Å². The highest BCUT2D eigenvalue weighted by Crippen LogP contribution is 2.15. The predicted molar refractivity (Wildman–Crippen MR) is 64.9 cm³/mol. The first-order chi connectivity index (χ1) is 7.95. The van der Waals surface area contributed by atoms with Gasteiger partial charge in [-0.1, -0.05) is 0 Å². The van der Waals surface area contributed by atoms with Crippen molar-refractivity contribution in [1.29, 1.82) is 0 Å². The van der Waals surface area contributed by atoms with Crippen LogP contribution in [-0.2, 0) is 11.3 Å². The van der Waals surface area contributed by atoms with E-state index in [4.69, 9.17) is 4.42 Å². The van der Waals surface area contributed by atoms with Crippen molar-refractivity contribution in [2.24, 2.45) is 0 Å². The highest BCUT2D eigenvalue weighted by molar-refractivity contribution is 6.32. The second-order valence-electron chi connectivity index (χ2n) is 4.61. The first kappa shape index (κ1) is 13.6. The van der Waals surface area contributed by atoms with Crippen LogP contribution in [0.3, 0.4) is 0 Å². The maximum Gasteiger partial charge on any atom is 0.260 e. The third-order valence-corrected chi connectivity index (χ3v) is 2.68. The third kappa shape index (κ3) is 3.53. The summed E-state index contributed by atoms with van der Waals surface area (Å²) in [5.74, 6) is 0.206. The number of furan rings is 1. The van der Waals surface area contributed by atoms with Crippen molar-refractivity contribution in [3.8, 4) is 0 Å². The Kier molecular flexibility index (Phi) is 4.63. The number of nitrogens with zero attached hydrogens (tertiary/aromatic N) is 1. The van der Waals surface area contributed by atoms with Gasteiger partial charge in [-0.3, -0.25) is 14.5 Å². The van der Waals surface area contributed by atoms with Gasteiger partial charge in [0, 0.05) is 12.1 Å². The summed E-state index contributed by atoms with van der Waals surface area (Å²) in [4.78, 5) is 23.7. The Morgan fingerprint density at radius 3 is 2.35 bits per heavy atom. The molecule has 0 aromatic carbocycles. The summed E-state index contributed by atoms with van der Waals surface area (Å²) in [6, 6.07) is 4.08. The van der Waals surface area contributed by atoms with Crippen molar-refractivity contribution < 1.29 is 14.0 Å². The molecule has 0 saturated carbocycles. The van der Waals surface area contributed by atoms with Crippen molar-refractivity contribution in [2.45, 2.75) is 46.3 Å². The molecule has 0 amide bonds. The number of hydrogen-bond donors (Lipinski definition) is 0. The molecule has 0 fully saturated rings. The lowest BCUT2D eigenvalue weighted by molar-refractivity contribution is -0.104. The molecule has 1 heterocycles. The molecule has 0 unspecified atom stereocenters.